The number of rotatable bonds is 3. The Morgan fingerprint density at radius 1 is 0.889 bits per heavy atom. The van der Waals surface area contributed by atoms with Gasteiger partial charge in [-0.05, 0) is 62.4 Å². The summed E-state index contributed by atoms with van der Waals surface area (Å²) in [6.45, 7) is 5.43. The van der Waals surface area contributed by atoms with Crippen molar-refractivity contribution in [2.75, 3.05) is 14.2 Å². The lowest BCUT2D eigenvalue weighted by Gasteiger charge is -2.32. The highest BCUT2D eigenvalue weighted by Crippen LogP contribution is 2.30. The molecule has 0 fully saturated rings. The third kappa shape index (κ3) is 7.49. The van der Waals surface area contributed by atoms with Crippen LogP contribution in [0.3, 0.4) is 0 Å². The first kappa shape index (κ1) is 29.7. The van der Waals surface area contributed by atoms with Gasteiger partial charge in [0.15, 0.2) is 0 Å². The van der Waals surface area contributed by atoms with Crippen LogP contribution in [0.25, 0.3) is 0 Å². The van der Waals surface area contributed by atoms with Gasteiger partial charge in [-0.2, -0.15) is 0 Å². The number of hydrogen-bond acceptors (Lipinski definition) is 7. The third-order valence-electron chi connectivity index (χ3n) is 6.28. The average Bonchev–Trinajstić information content (AvgIpc) is 2.79. The molecule has 0 saturated heterocycles. The van der Waals surface area contributed by atoms with E-state index in [0.717, 1.165) is 34.6 Å². The molecule has 2 aliphatic carbocycles. The fourth-order valence-electron chi connectivity index (χ4n) is 4.53. The van der Waals surface area contributed by atoms with Gasteiger partial charge in [0.1, 0.15) is 17.1 Å². The zero-order valence-corrected chi connectivity index (χ0v) is 22.4. The number of nitrogens with two attached hydrogens (primary N) is 1. The molecular weight excluding hydrogens is 484 g/mol. The molecule has 1 amide bonds. The second-order valence-electron chi connectivity index (χ2n) is 10.1. The summed E-state index contributed by atoms with van der Waals surface area (Å²) in [6.07, 6.45) is 0.749. The second kappa shape index (κ2) is 12.6. The molecule has 5 N–H and O–H groups in total. The molecule has 1 unspecified atom stereocenters. The number of aliphatic hydroxyl groups is 2. The molecule has 2 aromatic carbocycles. The number of hydrogen-bond donors (Lipinski definition) is 4. The van der Waals surface area contributed by atoms with E-state index >= 15 is 0 Å². The molecule has 4 rings (SSSR count). The van der Waals surface area contributed by atoms with E-state index in [1.165, 1.54) is 5.56 Å². The molecule has 8 nitrogen and oxygen atoms in total. The number of amides is 1. The number of benzene rings is 2. The molecule has 2 aliphatic rings. The Kier molecular flexibility index (Phi) is 10.4. The number of ether oxygens (including phenoxy) is 3. The normalized spacial score (nSPS) is 22.4. The van der Waals surface area contributed by atoms with E-state index in [1.54, 1.807) is 14.2 Å². The Balaban J connectivity index is 0.000000265. The van der Waals surface area contributed by atoms with Gasteiger partial charge in [0.2, 0.25) is 0 Å². The van der Waals surface area contributed by atoms with E-state index in [1.807, 2.05) is 57.2 Å². The number of carbonyl (C=O) groups excluding carboxylic acids is 1. The molecule has 0 radical (unpaired) electrons. The van der Waals surface area contributed by atoms with Crippen LogP contribution in [-0.4, -0.2) is 60.4 Å². The fraction of sp³-hybridized carbons (Fsp3) is 0.519. The average molecular weight is 523 g/mol. The van der Waals surface area contributed by atoms with Gasteiger partial charge in [0, 0.05) is 24.4 Å². The van der Waals surface area contributed by atoms with E-state index in [2.05, 4.69) is 5.32 Å². The van der Waals surface area contributed by atoms with Gasteiger partial charge in [-0.3, -0.25) is 0 Å². The molecule has 200 valence electrons. The molecular formula is C27H39ClN2O6. The van der Waals surface area contributed by atoms with E-state index in [4.69, 9.17) is 19.9 Å². The Hall–Kier alpha value is -2.52. The van der Waals surface area contributed by atoms with Crippen LogP contribution in [0.2, 0.25) is 0 Å². The lowest BCUT2D eigenvalue weighted by atomic mass is 9.85. The Bertz CT molecular complexity index is 1030. The van der Waals surface area contributed by atoms with Crippen molar-refractivity contribution in [1.29, 1.82) is 0 Å². The van der Waals surface area contributed by atoms with E-state index < -0.39 is 23.9 Å². The zero-order valence-electron chi connectivity index (χ0n) is 21.6. The highest BCUT2D eigenvalue weighted by molar-refractivity contribution is 5.85. The number of nitrogens with one attached hydrogen (secondary N) is 1. The van der Waals surface area contributed by atoms with Crippen molar-refractivity contribution in [3.05, 3.63) is 58.7 Å². The second-order valence-corrected chi connectivity index (χ2v) is 10.1. The summed E-state index contributed by atoms with van der Waals surface area (Å²) in [5, 5.41) is 22.7. The van der Waals surface area contributed by atoms with Crippen LogP contribution in [0.5, 0.6) is 11.5 Å². The van der Waals surface area contributed by atoms with Crippen molar-refractivity contribution in [2.45, 2.75) is 76.3 Å². The molecule has 0 bridgehead atoms. The standard InChI is InChI=1S/C16H23NO4.C11H15NO2.ClH/c1-16(2,3)21-15(19)17-12-8-10-6-5-7-14(20-4)11(10)9-13(12)18;1-14-11-4-2-3-7-5-9(12)10(13)6-8(7)11;/h5-7,12-13,18H,8-9H2,1-4H3,(H,17,19);2-4,9-10,13H,5-6,12H2,1H3;1H/t12-,13-;9?,10-;/m00./s1. The van der Waals surface area contributed by atoms with Crippen LogP contribution in [0.1, 0.15) is 43.0 Å². The number of carbonyl (C=O) groups is 1. The number of alkyl carbamates (subject to hydrolysis) is 1. The third-order valence-corrected chi connectivity index (χ3v) is 6.28. The summed E-state index contributed by atoms with van der Waals surface area (Å²) in [5.41, 5.74) is 9.63. The summed E-state index contributed by atoms with van der Waals surface area (Å²) in [5.74, 6) is 1.63. The predicted octanol–water partition coefficient (Wildman–Crippen LogP) is 2.95. The number of halogens is 1. The maximum Gasteiger partial charge on any atom is 0.407 e. The van der Waals surface area contributed by atoms with Gasteiger partial charge in [-0.25, -0.2) is 4.79 Å². The van der Waals surface area contributed by atoms with Crippen molar-refractivity contribution in [1.82, 2.24) is 5.32 Å². The van der Waals surface area contributed by atoms with Gasteiger partial charge in [0.25, 0.3) is 0 Å². The highest BCUT2D eigenvalue weighted by Gasteiger charge is 2.31. The van der Waals surface area contributed by atoms with Crippen molar-refractivity contribution < 1.29 is 29.2 Å². The van der Waals surface area contributed by atoms with Crippen molar-refractivity contribution >= 4 is 18.5 Å². The summed E-state index contributed by atoms with van der Waals surface area (Å²) in [7, 11) is 3.27. The van der Waals surface area contributed by atoms with Crippen LogP contribution in [0, 0.1) is 0 Å². The van der Waals surface area contributed by atoms with Gasteiger partial charge >= 0.3 is 6.09 Å². The highest BCUT2D eigenvalue weighted by atomic mass is 35.5. The zero-order chi connectivity index (χ0) is 25.8. The van der Waals surface area contributed by atoms with Crippen molar-refractivity contribution in [3.8, 4) is 11.5 Å². The first-order valence-corrected chi connectivity index (χ1v) is 11.9. The Morgan fingerprint density at radius 3 is 1.89 bits per heavy atom. The topological polar surface area (TPSA) is 123 Å². The van der Waals surface area contributed by atoms with E-state index in [-0.39, 0.29) is 24.5 Å². The molecule has 36 heavy (non-hydrogen) atoms. The predicted molar refractivity (Wildman–Crippen MR) is 141 cm³/mol. The first-order chi connectivity index (χ1) is 16.5. The molecule has 0 aliphatic heterocycles. The van der Waals surface area contributed by atoms with Gasteiger partial charge in [0.05, 0.1) is 32.5 Å². The SMILES string of the molecule is COc1cccc2c1C[C@H](O)C(N)C2.COc1cccc2c1C[C@H](O)[C@@H](NC(=O)OC(C)(C)C)C2.Cl. The summed E-state index contributed by atoms with van der Waals surface area (Å²) in [6, 6.07) is 11.2. The first-order valence-electron chi connectivity index (χ1n) is 11.9. The molecule has 0 aromatic heterocycles. The summed E-state index contributed by atoms with van der Waals surface area (Å²) < 4.78 is 15.8. The van der Waals surface area contributed by atoms with Gasteiger partial charge in [-0.15, -0.1) is 12.4 Å². The molecule has 2 aromatic rings. The molecule has 0 heterocycles. The molecule has 4 atom stereocenters. The minimum Gasteiger partial charge on any atom is -0.496 e. The minimum absolute atomic E-state index is 0. The number of fused-ring (bicyclic) bond motifs is 2. The van der Waals surface area contributed by atoms with Crippen LogP contribution in [0.15, 0.2) is 36.4 Å². The van der Waals surface area contributed by atoms with Crippen molar-refractivity contribution in [3.63, 3.8) is 0 Å². The van der Waals surface area contributed by atoms with Gasteiger partial charge in [-0.1, -0.05) is 24.3 Å². The Morgan fingerprint density at radius 2 is 1.39 bits per heavy atom. The lowest BCUT2D eigenvalue weighted by Crippen LogP contribution is -2.49. The van der Waals surface area contributed by atoms with Gasteiger partial charge < -0.3 is 35.5 Å². The van der Waals surface area contributed by atoms with E-state index in [9.17, 15) is 15.0 Å². The molecule has 0 saturated carbocycles. The quantitative estimate of drug-likeness (QED) is 0.488. The maximum absolute atomic E-state index is 11.8. The maximum atomic E-state index is 11.8. The number of aliphatic hydroxyl groups excluding tert-OH is 2. The van der Waals surface area contributed by atoms with Crippen LogP contribution < -0.4 is 20.5 Å². The molecule has 0 spiro atoms. The van der Waals surface area contributed by atoms with Crippen LogP contribution in [-0.2, 0) is 30.4 Å². The monoisotopic (exact) mass is 522 g/mol. The molecule has 9 heteroatoms. The largest absolute Gasteiger partial charge is 0.496 e. The minimum atomic E-state index is -0.652. The lowest BCUT2D eigenvalue weighted by molar-refractivity contribution is 0.0411. The smallest absolute Gasteiger partial charge is 0.407 e. The van der Waals surface area contributed by atoms with Crippen LogP contribution >= 0.6 is 12.4 Å². The summed E-state index contributed by atoms with van der Waals surface area (Å²) >= 11 is 0. The van der Waals surface area contributed by atoms with Crippen LogP contribution in [0.4, 0.5) is 4.79 Å². The van der Waals surface area contributed by atoms with E-state index in [0.29, 0.717) is 19.3 Å². The Labute approximate surface area is 219 Å². The van der Waals surface area contributed by atoms with Crippen molar-refractivity contribution in [2.24, 2.45) is 5.73 Å². The fourth-order valence-corrected chi connectivity index (χ4v) is 4.53. The number of methoxy groups -OCH3 is 2. The summed E-state index contributed by atoms with van der Waals surface area (Å²) in [4.78, 5) is 11.8.